The van der Waals surface area contributed by atoms with Gasteiger partial charge in [0.1, 0.15) is 11.5 Å². The molecule has 0 unspecified atom stereocenters. The summed E-state index contributed by atoms with van der Waals surface area (Å²) in [5.41, 5.74) is 7.24. The average Bonchev–Trinajstić information content (AvgIpc) is 2.59. The molecule has 0 aliphatic carbocycles. The number of guanidine groups is 1. The van der Waals surface area contributed by atoms with Crippen LogP contribution in [-0.4, -0.2) is 18.9 Å². The standard InChI is InChI=1S/C18H20F3N3O2.HI/c1-2-10-25-16-5-3-4-13(11-16)12-23-17(22)24-14-6-8-15(9-7-14)26-18(19,20)21;/h3-9,11H,2,10,12H2,1H3,(H3,22,23,24);1H. The highest BCUT2D eigenvalue weighted by molar-refractivity contribution is 14.0. The molecule has 2 aromatic carbocycles. The fraction of sp³-hybridized carbons (Fsp3) is 0.278. The number of hydrogen-bond donors (Lipinski definition) is 2. The van der Waals surface area contributed by atoms with Crippen LogP contribution in [0.3, 0.4) is 0 Å². The zero-order valence-electron chi connectivity index (χ0n) is 14.6. The molecule has 2 rings (SSSR count). The first-order chi connectivity index (χ1) is 12.4. The van der Waals surface area contributed by atoms with Gasteiger partial charge in [0.25, 0.3) is 0 Å². The van der Waals surface area contributed by atoms with Crippen molar-refractivity contribution in [2.75, 3.05) is 11.9 Å². The molecule has 9 heteroatoms. The Kier molecular flexibility index (Phi) is 9.19. The lowest BCUT2D eigenvalue weighted by atomic mass is 10.2. The van der Waals surface area contributed by atoms with Crippen LogP contribution in [0.1, 0.15) is 18.9 Å². The van der Waals surface area contributed by atoms with E-state index in [2.05, 4.69) is 15.0 Å². The first-order valence-electron chi connectivity index (χ1n) is 8.00. The van der Waals surface area contributed by atoms with Crippen molar-refractivity contribution in [2.24, 2.45) is 10.7 Å². The van der Waals surface area contributed by atoms with Gasteiger partial charge < -0.3 is 20.5 Å². The largest absolute Gasteiger partial charge is 0.573 e. The van der Waals surface area contributed by atoms with Crippen LogP contribution in [0.4, 0.5) is 18.9 Å². The molecule has 0 saturated carbocycles. The Labute approximate surface area is 172 Å². The van der Waals surface area contributed by atoms with E-state index in [9.17, 15) is 13.2 Å². The fourth-order valence-corrected chi connectivity index (χ4v) is 2.06. The Bertz CT molecular complexity index is 737. The fourth-order valence-electron chi connectivity index (χ4n) is 2.06. The molecule has 0 spiro atoms. The minimum Gasteiger partial charge on any atom is -0.494 e. The van der Waals surface area contributed by atoms with Crippen molar-refractivity contribution in [3.63, 3.8) is 0 Å². The summed E-state index contributed by atoms with van der Waals surface area (Å²) in [6.07, 6.45) is -3.79. The summed E-state index contributed by atoms with van der Waals surface area (Å²) >= 11 is 0. The van der Waals surface area contributed by atoms with Gasteiger partial charge in [-0.3, -0.25) is 0 Å². The summed E-state index contributed by atoms with van der Waals surface area (Å²) in [7, 11) is 0. The first kappa shape index (κ1) is 22.9. The lowest BCUT2D eigenvalue weighted by Gasteiger charge is -2.10. The molecular weight excluding hydrogens is 474 g/mol. The monoisotopic (exact) mass is 495 g/mol. The molecule has 0 bridgehead atoms. The average molecular weight is 495 g/mol. The summed E-state index contributed by atoms with van der Waals surface area (Å²) in [5, 5.41) is 2.81. The van der Waals surface area contributed by atoms with E-state index in [4.69, 9.17) is 10.5 Å². The molecule has 0 radical (unpaired) electrons. The third-order valence-electron chi connectivity index (χ3n) is 3.16. The Morgan fingerprint density at radius 2 is 1.81 bits per heavy atom. The second kappa shape index (κ2) is 10.9. The number of aliphatic imine (C=N–C) groups is 1. The smallest absolute Gasteiger partial charge is 0.494 e. The van der Waals surface area contributed by atoms with Gasteiger partial charge in [-0.25, -0.2) is 4.99 Å². The first-order valence-corrected chi connectivity index (χ1v) is 8.00. The minimum absolute atomic E-state index is 0. The number of benzene rings is 2. The molecule has 0 heterocycles. The second-order valence-electron chi connectivity index (χ2n) is 5.39. The van der Waals surface area contributed by atoms with Gasteiger partial charge in [-0.05, 0) is 48.4 Å². The molecule has 0 aromatic heterocycles. The van der Waals surface area contributed by atoms with Crippen molar-refractivity contribution in [1.29, 1.82) is 0 Å². The van der Waals surface area contributed by atoms with Gasteiger partial charge in [-0.1, -0.05) is 19.1 Å². The Balaban J connectivity index is 0.00000364. The molecular formula is C18H21F3IN3O2. The quantitative estimate of drug-likeness (QED) is 0.325. The number of nitrogens with zero attached hydrogens (tertiary/aromatic N) is 1. The van der Waals surface area contributed by atoms with Gasteiger partial charge in [0.2, 0.25) is 0 Å². The maximum Gasteiger partial charge on any atom is 0.573 e. The molecule has 0 aliphatic heterocycles. The Morgan fingerprint density at radius 3 is 2.44 bits per heavy atom. The third-order valence-corrected chi connectivity index (χ3v) is 3.16. The van der Waals surface area contributed by atoms with E-state index < -0.39 is 6.36 Å². The number of nitrogens with two attached hydrogens (primary N) is 1. The maximum atomic E-state index is 12.1. The molecule has 0 amide bonds. The van der Waals surface area contributed by atoms with Crippen molar-refractivity contribution < 1.29 is 22.6 Å². The third kappa shape index (κ3) is 8.85. The topological polar surface area (TPSA) is 68.9 Å². The van der Waals surface area contributed by atoms with Crippen molar-refractivity contribution in [1.82, 2.24) is 0 Å². The molecule has 0 saturated heterocycles. The van der Waals surface area contributed by atoms with E-state index in [0.29, 0.717) is 18.8 Å². The number of halogens is 4. The van der Waals surface area contributed by atoms with Crippen LogP contribution in [0, 0.1) is 0 Å². The molecule has 27 heavy (non-hydrogen) atoms. The summed E-state index contributed by atoms with van der Waals surface area (Å²) in [6.45, 7) is 3.02. The highest BCUT2D eigenvalue weighted by Crippen LogP contribution is 2.23. The zero-order valence-corrected chi connectivity index (χ0v) is 17.0. The summed E-state index contributed by atoms with van der Waals surface area (Å²) in [4.78, 5) is 4.21. The van der Waals surface area contributed by atoms with Crippen LogP contribution in [0.25, 0.3) is 0 Å². The van der Waals surface area contributed by atoms with Crippen LogP contribution >= 0.6 is 24.0 Å². The minimum atomic E-state index is -4.72. The van der Waals surface area contributed by atoms with Crippen LogP contribution < -0.4 is 20.5 Å². The van der Waals surface area contributed by atoms with Crippen molar-refractivity contribution in [2.45, 2.75) is 26.3 Å². The summed E-state index contributed by atoms with van der Waals surface area (Å²) < 4.78 is 45.7. The van der Waals surface area contributed by atoms with Gasteiger partial charge in [-0.15, -0.1) is 37.1 Å². The van der Waals surface area contributed by atoms with E-state index in [1.165, 1.54) is 24.3 Å². The van der Waals surface area contributed by atoms with Crippen molar-refractivity contribution in [3.8, 4) is 11.5 Å². The number of anilines is 1. The van der Waals surface area contributed by atoms with Crippen LogP contribution in [0.5, 0.6) is 11.5 Å². The van der Waals surface area contributed by atoms with Gasteiger partial charge in [0.05, 0.1) is 13.2 Å². The van der Waals surface area contributed by atoms with Gasteiger partial charge in [-0.2, -0.15) is 0 Å². The normalized spacial score (nSPS) is 11.5. The lowest BCUT2D eigenvalue weighted by molar-refractivity contribution is -0.274. The predicted octanol–water partition coefficient (Wildman–Crippen LogP) is 4.92. The van der Waals surface area contributed by atoms with Gasteiger partial charge >= 0.3 is 6.36 Å². The van der Waals surface area contributed by atoms with Crippen molar-refractivity contribution >= 4 is 35.6 Å². The second-order valence-corrected chi connectivity index (χ2v) is 5.39. The highest BCUT2D eigenvalue weighted by Gasteiger charge is 2.30. The summed E-state index contributed by atoms with van der Waals surface area (Å²) in [6, 6.07) is 12.8. The van der Waals surface area contributed by atoms with Gasteiger partial charge in [0, 0.05) is 5.69 Å². The number of alkyl halides is 3. The maximum absolute atomic E-state index is 12.1. The Morgan fingerprint density at radius 1 is 1.11 bits per heavy atom. The van der Waals surface area contributed by atoms with E-state index in [-0.39, 0.29) is 35.7 Å². The Hall–Kier alpha value is -2.17. The van der Waals surface area contributed by atoms with E-state index in [1.54, 1.807) is 0 Å². The highest BCUT2D eigenvalue weighted by atomic mass is 127. The predicted molar refractivity (Wildman–Crippen MR) is 110 cm³/mol. The number of hydrogen-bond acceptors (Lipinski definition) is 3. The lowest BCUT2D eigenvalue weighted by Crippen LogP contribution is -2.22. The molecule has 0 aliphatic rings. The van der Waals surface area contributed by atoms with E-state index in [0.717, 1.165) is 17.7 Å². The van der Waals surface area contributed by atoms with Crippen LogP contribution in [0.15, 0.2) is 53.5 Å². The molecule has 0 atom stereocenters. The number of rotatable bonds is 7. The van der Waals surface area contributed by atoms with Crippen LogP contribution in [0.2, 0.25) is 0 Å². The SMILES string of the molecule is CCCOc1cccc(CN=C(N)Nc2ccc(OC(F)(F)F)cc2)c1.I. The van der Waals surface area contributed by atoms with Crippen molar-refractivity contribution in [3.05, 3.63) is 54.1 Å². The number of ether oxygens (including phenoxy) is 2. The molecule has 2 aromatic rings. The van der Waals surface area contributed by atoms with Crippen LogP contribution in [-0.2, 0) is 6.54 Å². The van der Waals surface area contributed by atoms with E-state index in [1.807, 2.05) is 31.2 Å². The molecule has 0 fully saturated rings. The van der Waals surface area contributed by atoms with E-state index >= 15 is 0 Å². The molecule has 148 valence electrons. The zero-order chi connectivity index (χ0) is 19.0. The molecule has 5 nitrogen and oxygen atoms in total. The van der Waals surface area contributed by atoms with Gasteiger partial charge in [0.15, 0.2) is 5.96 Å². The molecule has 3 N–H and O–H groups in total. The number of nitrogens with one attached hydrogen (secondary N) is 1. The summed E-state index contributed by atoms with van der Waals surface area (Å²) in [5.74, 6) is 0.614.